The Kier molecular flexibility index (Phi) is 2.99. The summed E-state index contributed by atoms with van der Waals surface area (Å²) >= 11 is 0. The van der Waals surface area contributed by atoms with Crippen LogP contribution in [-0.2, 0) is 0 Å². The minimum Gasteiger partial charge on any atom is -0.361 e. The molecule has 0 aliphatic heterocycles. The van der Waals surface area contributed by atoms with E-state index >= 15 is 0 Å². The van der Waals surface area contributed by atoms with Crippen LogP contribution < -0.4 is 5.32 Å². The maximum absolute atomic E-state index is 13.7. The van der Waals surface area contributed by atoms with E-state index in [1.54, 1.807) is 30.5 Å². The van der Waals surface area contributed by atoms with Gasteiger partial charge in [0.15, 0.2) is 0 Å². The number of hydrogen-bond acceptors (Lipinski definition) is 1. The molecule has 3 nitrogen and oxygen atoms in total. The summed E-state index contributed by atoms with van der Waals surface area (Å²) in [4.78, 5) is 15.3. The van der Waals surface area contributed by atoms with Gasteiger partial charge in [0, 0.05) is 11.6 Å². The third-order valence-electron chi connectivity index (χ3n) is 3.20. The van der Waals surface area contributed by atoms with Gasteiger partial charge < -0.3 is 10.3 Å². The first kappa shape index (κ1) is 12.4. The number of carbonyl (C=O) groups excluding carboxylic acids is 1. The van der Waals surface area contributed by atoms with Gasteiger partial charge in [0.05, 0.1) is 16.8 Å². The zero-order valence-corrected chi connectivity index (χ0v) is 10.9. The lowest BCUT2D eigenvalue weighted by atomic mass is 10.1. The van der Waals surface area contributed by atoms with E-state index in [-0.39, 0.29) is 11.6 Å². The standard InChI is InChI=1S/C16H13FN2O/c1-10-5-6-13(17)14(9-10)19-16(20)12-4-2-3-11-7-8-18-15(11)12/h2-9,18H,1H3,(H,19,20). The van der Waals surface area contributed by atoms with Crippen molar-refractivity contribution in [2.45, 2.75) is 6.92 Å². The van der Waals surface area contributed by atoms with E-state index in [2.05, 4.69) is 10.3 Å². The molecule has 1 heterocycles. The van der Waals surface area contributed by atoms with Crippen molar-refractivity contribution in [3.63, 3.8) is 0 Å². The predicted molar refractivity (Wildman–Crippen MR) is 77.4 cm³/mol. The van der Waals surface area contributed by atoms with Crippen molar-refractivity contribution in [3.8, 4) is 0 Å². The first-order chi connectivity index (χ1) is 9.65. The Morgan fingerprint density at radius 3 is 2.90 bits per heavy atom. The molecule has 0 unspecified atom stereocenters. The fraction of sp³-hybridized carbons (Fsp3) is 0.0625. The van der Waals surface area contributed by atoms with E-state index in [1.807, 2.05) is 19.1 Å². The van der Waals surface area contributed by atoms with E-state index in [0.29, 0.717) is 5.56 Å². The van der Waals surface area contributed by atoms with Gasteiger partial charge in [0.1, 0.15) is 5.82 Å². The molecule has 0 atom stereocenters. The molecular formula is C16H13FN2O. The largest absolute Gasteiger partial charge is 0.361 e. The fourth-order valence-corrected chi connectivity index (χ4v) is 2.20. The number of carbonyl (C=O) groups is 1. The SMILES string of the molecule is Cc1ccc(F)c(NC(=O)c2cccc3cc[nH]c23)c1. The highest BCUT2D eigenvalue weighted by atomic mass is 19.1. The second-order valence-electron chi connectivity index (χ2n) is 4.68. The number of halogens is 1. The third-order valence-corrected chi connectivity index (χ3v) is 3.20. The van der Waals surface area contributed by atoms with Crippen LogP contribution >= 0.6 is 0 Å². The predicted octanol–water partition coefficient (Wildman–Crippen LogP) is 3.87. The number of aryl methyl sites for hydroxylation is 1. The van der Waals surface area contributed by atoms with Crippen LogP contribution in [0.2, 0.25) is 0 Å². The zero-order chi connectivity index (χ0) is 14.1. The quantitative estimate of drug-likeness (QED) is 0.728. The van der Waals surface area contributed by atoms with Crippen LogP contribution in [0.4, 0.5) is 10.1 Å². The summed E-state index contributed by atoms with van der Waals surface area (Å²) in [5, 5.41) is 3.56. The maximum atomic E-state index is 13.7. The van der Waals surface area contributed by atoms with E-state index < -0.39 is 5.82 Å². The Balaban J connectivity index is 1.97. The monoisotopic (exact) mass is 268 g/mol. The molecule has 20 heavy (non-hydrogen) atoms. The van der Waals surface area contributed by atoms with Gasteiger partial charge in [-0.05, 0) is 36.8 Å². The van der Waals surface area contributed by atoms with Crippen molar-refractivity contribution in [1.29, 1.82) is 0 Å². The number of rotatable bonds is 2. The molecule has 0 aliphatic rings. The minimum absolute atomic E-state index is 0.193. The van der Waals surface area contributed by atoms with Gasteiger partial charge in [-0.2, -0.15) is 0 Å². The van der Waals surface area contributed by atoms with E-state index in [1.165, 1.54) is 6.07 Å². The highest BCUT2D eigenvalue weighted by Gasteiger charge is 2.12. The molecule has 0 saturated carbocycles. The van der Waals surface area contributed by atoms with Gasteiger partial charge in [-0.3, -0.25) is 4.79 Å². The molecular weight excluding hydrogens is 255 g/mol. The Bertz CT molecular complexity index is 792. The molecule has 1 aromatic heterocycles. The summed E-state index contributed by atoms with van der Waals surface area (Å²) in [6.07, 6.45) is 1.77. The number of para-hydroxylation sites is 1. The highest BCUT2D eigenvalue weighted by Crippen LogP contribution is 2.20. The van der Waals surface area contributed by atoms with Crippen LogP contribution in [-0.4, -0.2) is 10.9 Å². The minimum atomic E-state index is -0.442. The molecule has 0 saturated heterocycles. The van der Waals surface area contributed by atoms with Crippen LogP contribution in [0.5, 0.6) is 0 Å². The smallest absolute Gasteiger partial charge is 0.257 e. The number of aromatic amines is 1. The third kappa shape index (κ3) is 2.16. The van der Waals surface area contributed by atoms with Crippen molar-refractivity contribution >= 4 is 22.5 Å². The van der Waals surface area contributed by atoms with Crippen LogP contribution in [0.3, 0.4) is 0 Å². The summed E-state index contributed by atoms with van der Waals surface area (Å²) in [5.74, 6) is -0.773. The first-order valence-electron chi connectivity index (χ1n) is 6.29. The fourth-order valence-electron chi connectivity index (χ4n) is 2.20. The number of fused-ring (bicyclic) bond motifs is 1. The van der Waals surface area contributed by atoms with Crippen molar-refractivity contribution in [1.82, 2.24) is 4.98 Å². The molecule has 0 radical (unpaired) electrons. The Morgan fingerprint density at radius 2 is 2.05 bits per heavy atom. The summed E-state index contributed by atoms with van der Waals surface area (Å²) in [6.45, 7) is 1.85. The normalized spacial score (nSPS) is 10.7. The molecule has 0 fully saturated rings. The number of nitrogens with one attached hydrogen (secondary N) is 2. The van der Waals surface area contributed by atoms with E-state index in [4.69, 9.17) is 0 Å². The summed E-state index contributed by atoms with van der Waals surface area (Å²) in [5.41, 5.74) is 2.32. The van der Waals surface area contributed by atoms with Crippen LogP contribution in [0.15, 0.2) is 48.7 Å². The van der Waals surface area contributed by atoms with Crippen molar-refractivity contribution in [2.75, 3.05) is 5.32 Å². The number of benzene rings is 2. The van der Waals surface area contributed by atoms with Gasteiger partial charge >= 0.3 is 0 Å². The average molecular weight is 268 g/mol. The van der Waals surface area contributed by atoms with Crippen LogP contribution in [0, 0.1) is 12.7 Å². The molecule has 3 aromatic rings. The lowest BCUT2D eigenvalue weighted by Crippen LogP contribution is -2.13. The molecule has 0 aliphatic carbocycles. The zero-order valence-electron chi connectivity index (χ0n) is 10.9. The first-order valence-corrected chi connectivity index (χ1v) is 6.29. The lowest BCUT2D eigenvalue weighted by Gasteiger charge is -2.08. The number of hydrogen-bond donors (Lipinski definition) is 2. The van der Waals surface area contributed by atoms with Gasteiger partial charge in [-0.25, -0.2) is 4.39 Å². The maximum Gasteiger partial charge on any atom is 0.257 e. The topological polar surface area (TPSA) is 44.9 Å². The van der Waals surface area contributed by atoms with E-state index in [0.717, 1.165) is 16.5 Å². The van der Waals surface area contributed by atoms with Crippen LogP contribution in [0.1, 0.15) is 15.9 Å². The number of amides is 1. The average Bonchev–Trinajstić information content (AvgIpc) is 2.91. The highest BCUT2D eigenvalue weighted by molar-refractivity contribution is 6.12. The Morgan fingerprint density at radius 1 is 1.20 bits per heavy atom. The number of anilines is 1. The summed E-state index contributed by atoms with van der Waals surface area (Å²) < 4.78 is 13.7. The molecule has 100 valence electrons. The Labute approximate surface area is 115 Å². The molecule has 0 spiro atoms. The molecule has 2 N–H and O–H groups in total. The second kappa shape index (κ2) is 4.81. The van der Waals surface area contributed by atoms with Crippen molar-refractivity contribution in [3.05, 3.63) is 65.6 Å². The molecule has 2 aromatic carbocycles. The molecule has 3 rings (SSSR count). The van der Waals surface area contributed by atoms with Crippen molar-refractivity contribution in [2.24, 2.45) is 0 Å². The van der Waals surface area contributed by atoms with Crippen molar-refractivity contribution < 1.29 is 9.18 Å². The van der Waals surface area contributed by atoms with Gasteiger partial charge in [-0.15, -0.1) is 0 Å². The second-order valence-corrected chi connectivity index (χ2v) is 4.68. The van der Waals surface area contributed by atoms with Gasteiger partial charge in [-0.1, -0.05) is 18.2 Å². The van der Waals surface area contributed by atoms with E-state index in [9.17, 15) is 9.18 Å². The molecule has 1 amide bonds. The summed E-state index contributed by atoms with van der Waals surface area (Å²) in [6, 6.07) is 11.9. The number of H-pyrrole nitrogens is 1. The van der Waals surface area contributed by atoms with Gasteiger partial charge in [0.2, 0.25) is 0 Å². The summed E-state index contributed by atoms with van der Waals surface area (Å²) in [7, 11) is 0. The molecule has 4 heteroatoms. The van der Waals surface area contributed by atoms with Gasteiger partial charge in [0.25, 0.3) is 5.91 Å². The molecule has 0 bridgehead atoms. The lowest BCUT2D eigenvalue weighted by molar-refractivity contribution is 0.102. The number of aromatic nitrogens is 1. The van der Waals surface area contributed by atoms with Crippen LogP contribution in [0.25, 0.3) is 10.9 Å². The Hall–Kier alpha value is -2.62.